The third-order valence-electron chi connectivity index (χ3n) is 1.21. The number of hydrogen-bond acceptors (Lipinski definition) is 1. The quantitative estimate of drug-likeness (QED) is 0.463. The second-order valence-electron chi connectivity index (χ2n) is 2.15. The first-order valence-corrected chi connectivity index (χ1v) is 3.75. The van der Waals surface area contributed by atoms with Gasteiger partial charge in [0.05, 0.1) is 0 Å². The van der Waals surface area contributed by atoms with Crippen molar-refractivity contribution in [1.82, 2.24) is 4.90 Å². The third-order valence-corrected chi connectivity index (χ3v) is 1.21. The van der Waals surface area contributed by atoms with Crippen LogP contribution in [0.25, 0.3) is 0 Å². The largest absolute Gasteiger partial charge is 0.343 e. The highest BCUT2D eigenvalue weighted by Gasteiger charge is 2.06. The summed E-state index contributed by atoms with van der Waals surface area (Å²) in [4.78, 5) is 16.3. The molecule has 0 bridgehead atoms. The van der Waals surface area contributed by atoms with Gasteiger partial charge in [-0.2, -0.15) is 0 Å². The van der Waals surface area contributed by atoms with Crippen LogP contribution in [0.1, 0.15) is 6.92 Å². The Hall–Kier alpha value is -1.38. The molecule has 0 aliphatic carbocycles. The van der Waals surface area contributed by atoms with Crippen molar-refractivity contribution in [3.63, 3.8) is 0 Å². The number of rotatable bonds is 4. The molecule has 0 aromatic carbocycles. The van der Waals surface area contributed by atoms with Crippen LogP contribution in [-0.4, -0.2) is 30.2 Å². The molecule has 3 nitrogen and oxygen atoms in total. The van der Waals surface area contributed by atoms with E-state index in [1.165, 1.54) is 6.21 Å². The van der Waals surface area contributed by atoms with Crippen molar-refractivity contribution in [1.29, 1.82) is 0 Å². The Kier molecular flexibility index (Phi) is 5.61. The van der Waals surface area contributed by atoms with Gasteiger partial charge >= 0.3 is 6.03 Å². The molecule has 0 aromatic heterocycles. The fourth-order valence-electron chi connectivity index (χ4n) is 0.734. The Bertz CT molecular complexity index is 187. The number of carbonyl (C=O) groups is 1. The van der Waals surface area contributed by atoms with Crippen molar-refractivity contribution in [2.75, 3.05) is 13.1 Å². The average molecular weight is 166 g/mol. The highest BCUT2D eigenvalue weighted by molar-refractivity contribution is 5.83. The molecule has 2 amide bonds. The fourth-order valence-corrected chi connectivity index (χ4v) is 0.734. The van der Waals surface area contributed by atoms with Crippen LogP contribution in [0.3, 0.4) is 0 Å². The van der Waals surface area contributed by atoms with Gasteiger partial charge in [0.25, 0.3) is 0 Å². The first kappa shape index (κ1) is 10.6. The van der Waals surface area contributed by atoms with Gasteiger partial charge in [0.2, 0.25) is 0 Å². The molecule has 0 heterocycles. The van der Waals surface area contributed by atoms with Crippen molar-refractivity contribution in [3.05, 3.63) is 25.3 Å². The molecular formula is C9H14N2O. The zero-order valence-corrected chi connectivity index (χ0v) is 7.36. The molecule has 0 radical (unpaired) electrons. The molecule has 0 saturated carbocycles. The van der Waals surface area contributed by atoms with Gasteiger partial charge in [0, 0.05) is 19.3 Å². The molecule has 66 valence electrons. The van der Waals surface area contributed by atoms with Crippen LogP contribution < -0.4 is 0 Å². The normalized spacial score (nSPS) is 9.75. The third kappa shape index (κ3) is 3.71. The summed E-state index contributed by atoms with van der Waals surface area (Å²) in [5.41, 5.74) is 0. The van der Waals surface area contributed by atoms with Crippen molar-refractivity contribution >= 4 is 12.2 Å². The van der Waals surface area contributed by atoms with E-state index >= 15 is 0 Å². The van der Waals surface area contributed by atoms with E-state index in [1.54, 1.807) is 24.0 Å². The van der Waals surface area contributed by atoms with Gasteiger partial charge in [-0.1, -0.05) is 12.2 Å². The van der Waals surface area contributed by atoms with Crippen molar-refractivity contribution in [2.45, 2.75) is 6.92 Å². The minimum absolute atomic E-state index is 0.252. The van der Waals surface area contributed by atoms with E-state index < -0.39 is 0 Å². The Labute approximate surface area is 73.1 Å². The van der Waals surface area contributed by atoms with Gasteiger partial charge in [0.15, 0.2) is 0 Å². The number of aliphatic imine (C=N–C) groups is 1. The topological polar surface area (TPSA) is 32.7 Å². The lowest BCUT2D eigenvalue weighted by molar-refractivity contribution is 0.218. The van der Waals surface area contributed by atoms with Gasteiger partial charge in [0.1, 0.15) is 0 Å². The number of hydrogen-bond donors (Lipinski definition) is 0. The van der Waals surface area contributed by atoms with Gasteiger partial charge in [-0.15, -0.1) is 13.2 Å². The maximum Gasteiger partial charge on any atom is 0.343 e. The summed E-state index contributed by atoms with van der Waals surface area (Å²) < 4.78 is 0. The first-order valence-electron chi connectivity index (χ1n) is 3.75. The van der Waals surface area contributed by atoms with E-state index in [9.17, 15) is 4.79 Å². The molecule has 0 rings (SSSR count). The number of urea groups is 1. The summed E-state index contributed by atoms with van der Waals surface area (Å²) in [6.45, 7) is 9.80. The molecule has 0 atom stereocenters. The summed E-state index contributed by atoms with van der Waals surface area (Å²) >= 11 is 0. The minimum Gasteiger partial charge on any atom is -0.315 e. The maximum absolute atomic E-state index is 11.2. The standard InChI is InChI=1S/C9H14N2O/c1-4-7-11(8-5-2)9(12)10-6-3/h4-6H,1-2,7-8H2,3H3. The van der Waals surface area contributed by atoms with E-state index in [-0.39, 0.29) is 6.03 Å². The average Bonchev–Trinajstić information content (AvgIpc) is 2.04. The number of nitrogens with zero attached hydrogens (tertiary/aromatic N) is 2. The van der Waals surface area contributed by atoms with Gasteiger partial charge in [-0.05, 0) is 6.92 Å². The summed E-state index contributed by atoms with van der Waals surface area (Å²) in [6, 6.07) is -0.252. The lowest BCUT2D eigenvalue weighted by Crippen LogP contribution is -2.28. The molecule has 0 spiro atoms. The van der Waals surface area contributed by atoms with Crippen LogP contribution in [-0.2, 0) is 0 Å². The van der Waals surface area contributed by atoms with Crippen LogP contribution >= 0.6 is 0 Å². The zero-order valence-electron chi connectivity index (χ0n) is 7.36. The second-order valence-corrected chi connectivity index (χ2v) is 2.15. The number of amides is 2. The molecular weight excluding hydrogens is 152 g/mol. The van der Waals surface area contributed by atoms with E-state index in [0.717, 1.165) is 0 Å². The predicted molar refractivity (Wildman–Crippen MR) is 51.5 cm³/mol. The summed E-state index contributed by atoms with van der Waals surface area (Å²) in [5.74, 6) is 0. The summed E-state index contributed by atoms with van der Waals surface area (Å²) in [5, 5.41) is 0. The van der Waals surface area contributed by atoms with E-state index in [0.29, 0.717) is 13.1 Å². The van der Waals surface area contributed by atoms with Gasteiger partial charge < -0.3 is 4.90 Å². The molecule has 0 aliphatic rings. The molecule has 3 heteroatoms. The first-order chi connectivity index (χ1) is 5.76. The second kappa shape index (κ2) is 6.34. The van der Waals surface area contributed by atoms with Gasteiger partial charge in [-0.25, -0.2) is 9.79 Å². The monoisotopic (exact) mass is 166 g/mol. The van der Waals surface area contributed by atoms with E-state index in [4.69, 9.17) is 0 Å². The van der Waals surface area contributed by atoms with Crippen molar-refractivity contribution in [3.8, 4) is 0 Å². The molecule has 12 heavy (non-hydrogen) atoms. The zero-order chi connectivity index (χ0) is 9.40. The van der Waals surface area contributed by atoms with Crippen LogP contribution in [0.5, 0.6) is 0 Å². The number of carbonyl (C=O) groups excluding carboxylic acids is 1. The van der Waals surface area contributed by atoms with E-state index in [2.05, 4.69) is 18.2 Å². The highest BCUT2D eigenvalue weighted by Crippen LogP contribution is 1.93. The Morgan fingerprint density at radius 2 is 1.92 bits per heavy atom. The van der Waals surface area contributed by atoms with Gasteiger partial charge in [-0.3, -0.25) is 0 Å². The fraction of sp³-hybridized carbons (Fsp3) is 0.333. The lowest BCUT2D eigenvalue weighted by Gasteiger charge is -2.15. The summed E-state index contributed by atoms with van der Waals surface area (Å²) in [6.07, 6.45) is 4.79. The van der Waals surface area contributed by atoms with E-state index in [1.807, 2.05) is 0 Å². The SMILES string of the molecule is C=CCN(CC=C)C(=O)N=CC. The Morgan fingerprint density at radius 1 is 1.42 bits per heavy atom. The summed E-state index contributed by atoms with van der Waals surface area (Å²) in [7, 11) is 0. The lowest BCUT2D eigenvalue weighted by atomic mass is 10.5. The Morgan fingerprint density at radius 3 is 2.25 bits per heavy atom. The minimum atomic E-state index is -0.252. The predicted octanol–water partition coefficient (Wildman–Crippen LogP) is 1.87. The smallest absolute Gasteiger partial charge is 0.315 e. The van der Waals surface area contributed by atoms with Crippen LogP contribution in [0, 0.1) is 0 Å². The van der Waals surface area contributed by atoms with Crippen LogP contribution in [0.4, 0.5) is 4.79 Å². The van der Waals surface area contributed by atoms with Crippen LogP contribution in [0.15, 0.2) is 30.3 Å². The molecule has 0 aliphatic heterocycles. The molecule has 0 N–H and O–H groups in total. The molecule has 0 fully saturated rings. The van der Waals surface area contributed by atoms with Crippen molar-refractivity contribution < 1.29 is 4.79 Å². The molecule has 0 saturated heterocycles. The highest BCUT2D eigenvalue weighted by atomic mass is 16.2. The van der Waals surface area contributed by atoms with Crippen molar-refractivity contribution in [2.24, 2.45) is 4.99 Å². The molecule has 0 aromatic rings. The van der Waals surface area contributed by atoms with Crippen LogP contribution in [0.2, 0.25) is 0 Å². The Balaban J connectivity index is 4.16. The maximum atomic E-state index is 11.2. The molecule has 0 unspecified atom stereocenters.